The summed E-state index contributed by atoms with van der Waals surface area (Å²) >= 11 is 0. The molecule has 3 aromatic rings. The van der Waals surface area contributed by atoms with E-state index in [0.717, 1.165) is 45.1 Å². The molecule has 0 bridgehead atoms. The molecule has 1 saturated heterocycles. The number of aromatic nitrogens is 4. The Morgan fingerprint density at radius 1 is 1.24 bits per heavy atom. The number of hydrogen-bond acceptors (Lipinski definition) is 6. The highest BCUT2D eigenvalue weighted by Crippen LogP contribution is 2.15. The van der Waals surface area contributed by atoms with Crippen molar-refractivity contribution in [2.45, 2.75) is 26.4 Å². The lowest BCUT2D eigenvalue weighted by atomic mass is 10.2. The SMILES string of the molecule is CCOCCN1CCN(Cc2nc3c(cnn3-c3ccccc3)c(=O)[nH]2)CC1C. The first kappa shape index (κ1) is 19.8. The number of rotatable bonds is 7. The number of fused-ring (bicyclic) bond motifs is 1. The van der Waals surface area contributed by atoms with Crippen LogP contribution in [-0.2, 0) is 11.3 Å². The second-order valence-corrected chi connectivity index (χ2v) is 7.46. The Labute approximate surface area is 170 Å². The number of nitrogens with one attached hydrogen (secondary N) is 1. The number of para-hydroxylation sites is 1. The van der Waals surface area contributed by atoms with E-state index in [1.807, 2.05) is 37.3 Å². The molecule has 1 fully saturated rings. The minimum atomic E-state index is -0.143. The molecule has 2 aromatic heterocycles. The summed E-state index contributed by atoms with van der Waals surface area (Å²) in [6.45, 7) is 10.2. The number of nitrogens with zero attached hydrogens (tertiary/aromatic N) is 5. The van der Waals surface area contributed by atoms with E-state index in [2.05, 4.69) is 26.8 Å². The average Bonchev–Trinajstić information content (AvgIpc) is 3.15. The van der Waals surface area contributed by atoms with E-state index < -0.39 is 0 Å². The maximum Gasteiger partial charge on any atom is 0.262 e. The molecule has 0 spiro atoms. The second-order valence-electron chi connectivity index (χ2n) is 7.46. The number of piperazine rings is 1. The van der Waals surface area contributed by atoms with Crippen molar-refractivity contribution in [1.29, 1.82) is 0 Å². The summed E-state index contributed by atoms with van der Waals surface area (Å²) < 4.78 is 7.21. The van der Waals surface area contributed by atoms with Gasteiger partial charge in [-0.05, 0) is 26.0 Å². The largest absolute Gasteiger partial charge is 0.380 e. The van der Waals surface area contributed by atoms with E-state index in [9.17, 15) is 4.79 Å². The fourth-order valence-corrected chi connectivity index (χ4v) is 3.88. The van der Waals surface area contributed by atoms with Crippen LogP contribution in [0.15, 0.2) is 41.3 Å². The van der Waals surface area contributed by atoms with Crippen molar-refractivity contribution in [2.75, 3.05) is 39.4 Å². The molecule has 3 heterocycles. The number of H-pyrrole nitrogens is 1. The molecule has 1 unspecified atom stereocenters. The van der Waals surface area contributed by atoms with Gasteiger partial charge in [0.1, 0.15) is 11.2 Å². The molecule has 154 valence electrons. The minimum Gasteiger partial charge on any atom is -0.380 e. The molecule has 0 amide bonds. The molecule has 8 heteroatoms. The zero-order valence-electron chi connectivity index (χ0n) is 17.0. The Kier molecular flexibility index (Phi) is 6.03. The van der Waals surface area contributed by atoms with E-state index >= 15 is 0 Å². The van der Waals surface area contributed by atoms with E-state index in [-0.39, 0.29) is 5.56 Å². The average molecular weight is 396 g/mol. The maximum atomic E-state index is 12.6. The van der Waals surface area contributed by atoms with Crippen LogP contribution in [0.4, 0.5) is 0 Å². The third kappa shape index (κ3) is 4.39. The zero-order chi connectivity index (χ0) is 20.2. The summed E-state index contributed by atoms with van der Waals surface area (Å²) in [6.07, 6.45) is 1.58. The fraction of sp³-hybridized carbons (Fsp3) is 0.476. The highest BCUT2D eigenvalue weighted by Gasteiger charge is 2.24. The second kappa shape index (κ2) is 8.86. The Morgan fingerprint density at radius 2 is 2.07 bits per heavy atom. The lowest BCUT2D eigenvalue weighted by Gasteiger charge is -2.39. The van der Waals surface area contributed by atoms with Crippen molar-refractivity contribution in [3.8, 4) is 5.69 Å². The van der Waals surface area contributed by atoms with Gasteiger partial charge in [-0.25, -0.2) is 9.67 Å². The van der Waals surface area contributed by atoms with Crippen LogP contribution in [0.2, 0.25) is 0 Å². The van der Waals surface area contributed by atoms with Gasteiger partial charge in [0.25, 0.3) is 5.56 Å². The molecule has 1 atom stereocenters. The van der Waals surface area contributed by atoms with Crippen LogP contribution in [-0.4, -0.2) is 75.0 Å². The molecule has 1 N–H and O–H groups in total. The van der Waals surface area contributed by atoms with Crippen LogP contribution in [0.25, 0.3) is 16.7 Å². The first-order chi connectivity index (χ1) is 14.2. The topological polar surface area (TPSA) is 79.3 Å². The van der Waals surface area contributed by atoms with Gasteiger partial charge in [0.05, 0.1) is 25.0 Å². The van der Waals surface area contributed by atoms with Crippen molar-refractivity contribution in [1.82, 2.24) is 29.5 Å². The van der Waals surface area contributed by atoms with Crippen molar-refractivity contribution in [2.24, 2.45) is 0 Å². The van der Waals surface area contributed by atoms with Crippen LogP contribution in [0, 0.1) is 0 Å². The minimum absolute atomic E-state index is 0.143. The zero-order valence-corrected chi connectivity index (χ0v) is 17.0. The summed E-state index contributed by atoms with van der Waals surface area (Å²) in [6, 6.07) is 10.2. The summed E-state index contributed by atoms with van der Waals surface area (Å²) in [5.41, 5.74) is 1.34. The smallest absolute Gasteiger partial charge is 0.262 e. The Bertz CT molecular complexity index is 999. The number of aromatic amines is 1. The van der Waals surface area contributed by atoms with Crippen LogP contribution in [0.3, 0.4) is 0 Å². The van der Waals surface area contributed by atoms with Crippen molar-refractivity contribution >= 4 is 11.0 Å². The first-order valence-electron chi connectivity index (χ1n) is 10.2. The van der Waals surface area contributed by atoms with Gasteiger partial charge < -0.3 is 9.72 Å². The predicted molar refractivity (Wildman–Crippen MR) is 112 cm³/mol. The molecule has 0 aliphatic carbocycles. The molecule has 1 aromatic carbocycles. The molecule has 8 nitrogen and oxygen atoms in total. The van der Waals surface area contributed by atoms with Gasteiger partial charge in [0.2, 0.25) is 0 Å². The Balaban J connectivity index is 1.50. The molecule has 0 radical (unpaired) electrons. The fourth-order valence-electron chi connectivity index (χ4n) is 3.88. The van der Waals surface area contributed by atoms with E-state index in [1.54, 1.807) is 10.9 Å². The highest BCUT2D eigenvalue weighted by atomic mass is 16.5. The van der Waals surface area contributed by atoms with Gasteiger partial charge in [-0.1, -0.05) is 18.2 Å². The Hall–Kier alpha value is -2.55. The number of ether oxygens (including phenoxy) is 1. The summed E-state index contributed by atoms with van der Waals surface area (Å²) in [5, 5.41) is 4.88. The van der Waals surface area contributed by atoms with E-state index in [0.29, 0.717) is 29.4 Å². The van der Waals surface area contributed by atoms with Crippen molar-refractivity contribution < 1.29 is 4.74 Å². The molecular weight excluding hydrogens is 368 g/mol. The van der Waals surface area contributed by atoms with Gasteiger partial charge in [0.15, 0.2) is 5.65 Å². The van der Waals surface area contributed by atoms with Crippen LogP contribution >= 0.6 is 0 Å². The number of benzene rings is 1. The van der Waals surface area contributed by atoms with Crippen molar-refractivity contribution in [3.63, 3.8) is 0 Å². The van der Waals surface area contributed by atoms with Gasteiger partial charge in [0, 0.05) is 38.8 Å². The molecule has 1 aliphatic rings. The van der Waals surface area contributed by atoms with Gasteiger partial charge in [-0.2, -0.15) is 5.10 Å². The highest BCUT2D eigenvalue weighted by molar-refractivity contribution is 5.75. The molecule has 0 saturated carbocycles. The molecule has 4 rings (SSSR count). The first-order valence-corrected chi connectivity index (χ1v) is 10.2. The van der Waals surface area contributed by atoms with Crippen molar-refractivity contribution in [3.05, 3.63) is 52.7 Å². The molecular formula is C21H28N6O2. The van der Waals surface area contributed by atoms with Gasteiger partial charge >= 0.3 is 0 Å². The van der Waals surface area contributed by atoms with Gasteiger partial charge in [-0.15, -0.1) is 0 Å². The van der Waals surface area contributed by atoms with E-state index in [4.69, 9.17) is 9.72 Å². The number of hydrogen-bond donors (Lipinski definition) is 1. The summed E-state index contributed by atoms with van der Waals surface area (Å²) in [5.74, 6) is 0.676. The monoisotopic (exact) mass is 396 g/mol. The van der Waals surface area contributed by atoms with Crippen LogP contribution in [0.1, 0.15) is 19.7 Å². The maximum absolute atomic E-state index is 12.6. The van der Waals surface area contributed by atoms with Gasteiger partial charge in [-0.3, -0.25) is 14.6 Å². The standard InChI is InChI=1S/C21H28N6O2/c1-3-29-12-11-26-10-9-25(14-16(26)2)15-19-23-20-18(21(28)24-19)13-22-27(20)17-7-5-4-6-8-17/h4-8,13,16H,3,9-12,14-15H2,1-2H3,(H,23,24,28). The molecule has 29 heavy (non-hydrogen) atoms. The quantitative estimate of drug-likeness (QED) is 0.612. The predicted octanol–water partition coefficient (Wildman–Crippen LogP) is 1.65. The Morgan fingerprint density at radius 3 is 2.83 bits per heavy atom. The summed E-state index contributed by atoms with van der Waals surface area (Å²) in [7, 11) is 0. The van der Waals surface area contributed by atoms with Crippen LogP contribution < -0.4 is 5.56 Å². The third-order valence-electron chi connectivity index (χ3n) is 5.44. The summed E-state index contributed by atoms with van der Waals surface area (Å²) in [4.78, 5) is 25.0. The third-order valence-corrected chi connectivity index (χ3v) is 5.44. The lowest BCUT2D eigenvalue weighted by Crippen LogP contribution is -2.52. The van der Waals surface area contributed by atoms with E-state index in [1.165, 1.54) is 0 Å². The van der Waals surface area contributed by atoms with Crippen LogP contribution in [0.5, 0.6) is 0 Å². The molecule has 1 aliphatic heterocycles. The lowest BCUT2D eigenvalue weighted by molar-refractivity contribution is 0.0457. The normalized spacial score (nSPS) is 18.5.